The molecule has 0 spiro atoms. The van der Waals surface area contributed by atoms with Crippen LogP contribution in [0.15, 0.2) is 22.7 Å². The topological polar surface area (TPSA) is 102 Å². The van der Waals surface area contributed by atoms with Crippen molar-refractivity contribution in [2.75, 3.05) is 19.8 Å². The number of carbonyl (C=O) groups excluding carboxylic acids is 2. The van der Waals surface area contributed by atoms with E-state index in [0.717, 1.165) is 0 Å². The number of benzene rings is 1. The summed E-state index contributed by atoms with van der Waals surface area (Å²) < 4.78 is 5.40. The summed E-state index contributed by atoms with van der Waals surface area (Å²) in [6.07, 6.45) is 0. The average molecular weight is 317 g/mol. The first-order valence-electron chi connectivity index (χ1n) is 5.13. The molecule has 0 saturated heterocycles. The van der Waals surface area contributed by atoms with E-state index in [0.29, 0.717) is 10.0 Å². The van der Waals surface area contributed by atoms with Gasteiger partial charge in [-0.1, -0.05) is 0 Å². The molecule has 18 heavy (non-hydrogen) atoms. The lowest BCUT2D eigenvalue weighted by molar-refractivity contribution is -0.122. The first kappa shape index (κ1) is 14.5. The van der Waals surface area contributed by atoms with Gasteiger partial charge >= 0.3 is 0 Å². The maximum Gasteiger partial charge on any atom is 0.251 e. The van der Waals surface area contributed by atoms with Gasteiger partial charge < -0.3 is 20.9 Å². The van der Waals surface area contributed by atoms with E-state index in [2.05, 4.69) is 21.2 Å². The van der Waals surface area contributed by atoms with Gasteiger partial charge in [-0.15, -0.1) is 0 Å². The summed E-state index contributed by atoms with van der Waals surface area (Å²) in [4.78, 5) is 22.0. The summed E-state index contributed by atoms with van der Waals surface area (Å²) in [6.45, 7) is 0.273. The molecular weight excluding hydrogens is 304 g/mol. The van der Waals surface area contributed by atoms with Gasteiger partial charge in [0, 0.05) is 12.1 Å². The lowest BCUT2D eigenvalue weighted by Gasteiger charge is -2.06. The molecule has 4 N–H and O–H groups in total. The van der Waals surface area contributed by atoms with Crippen molar-refractivity contribution in [1.82, 2.24) is 5.32 Å². The lowest BCUT2D eigenvalue weighted by atomic mass is 10.2. The van der Waals surface area contributed by atoms with Crippen LogP contribution in [-0.4, -0.2) is 36.7 Å². The highest BCUT2D eigenvalue weighted by atomic mass is 79.9. The Morgan fingerprint density at radius 3 is 2.78 bits per heavy atom. The van der Waals surface area contributed by atoms with Crippen LogP contribution in [0.1, 0.15) is 10.4 Å². The third kappa shape index (κ3) is 4.72. The number of halogens is 1. The van der Waals surface area contributed by atoms with Crippen LogP contribution in [0.3, 0.4) is 0 Å². The molecule has 2 amide bonds. The number of hydrogen-bond donors (Lipinski definition) is 3. The van der Waals surface area contributed by atoms with Crippen molar-refractivity contribution in [2.24, 2.45) is 5.73 Å². The van der Waals surface area contributed by atoms with Crippen LogP contribution in [0.2, 0.25) is 0 Å². The standard InChI is InChI=1S/C11H13BrN2O4/c12-8-2-1-7(5-9(8)15)11(17)14-3-4-18-6-10(13)16/h1-2,5,15H,3-4,6H2,(H2,13,16)(H,14,17). The van der Waals surface area contributed by atoms with Crippen molar-refractivity contribution in [3.05, 3.63) is 28.2 Å². The van der Waals surface area contributed by atoms with E-state index in [4.69, 9.17) is 10.5 Å². The summed E-state index contributed by atoms with van der Waals surface area (Å²) in [6, 6.07) is 4.50. The fourth-order valence-electron chi connectivity index (χ4n) is 1.17. The Balaban J connectivity index is 2.36. The number of phenolic OH excluding ortho intramolecular Hbond substituents is 1. The normalized spacial score (nSPS) is 10.1. The second-order valence-corrected chi connectivity index (χ2v) is 4.30. The Hall–Kier alpha value is -1.60. The number of carbonyl (C=O) groups is 2. The van der Waals surface area contributed by atoms with Gasteiger partial charge in [-0.3, -0.25) is 9.59 Å². The van der Waals surface area contributed by atoms with Gasteiger partial charge in [-0.05, 0) is 34.1 Å². The third-order valence-electron chi connectivity index (χ3n) is 1.98. The Morgan fingerprint density at radius 2 is 2.17 bits per heavy atom. The molecule has 0 aliphatic rings. The second kappa shape index (κ2) is 6.97. The summed E-state index contributed by atoms with van der Waals surface area (Å²) >= 11 is 3.12. The van der Waals surface area contributed by atoms with Crippen LogP contribution in [0.5, 0.6) is 5.75 Å². The number of primary amides is 1. The molecule has 98 valence electrons. The number of nitrogens with one attached hydrogen (secondary N) is 1. The van der Waals surface area contributed by atoms with Gasteiger partial charge in [0.2, 0.25) is 5.91 Å². The Morgan fingerprint density at radius 1 is 1.44 bits per heavy atom. The number of aromatic hydroxyl groups is 1. The number of amides is 2. The van der Waals surface area contributed by atoms with Gasteiger partial charge in [0.15, 0.2) is 0 Å². The van der Waals surface area contributed by atoms with Crippen LogP contribution in [0, 0.1) is 0 Å². The highest BCUT2D eigenvalue weighted by Gasteiger charge is 2.07. The molecule has 1 aromatic carbocycles. The third-order valence-corrected chi connectivity index (χ3v) is 2.66. The largest absolute Gasteiger partial charge is 0.507 e. The summed E-state index contributed by atoms with van der Waals surface area (Å²) in [5.41, 5.74) is 5.21. The molecule has 0 radical (unpaired) electrons. The molecule has 0 saturated carbocycles. The molecule has 1 rings (SSSR count). The van der Waals surface area contributed by atoms with Gasteiger partial charge in [0.1, 0.15) is 12.4 Å². The Bertz CT molecular complexity index is 451. The Labute approximate surface area is 112 Å². The van der Waals surface area contributed by atoms with Crippen LogP contribution < -0.4 is 11.1 Å². The zero-order valence-electron chi connectivity index (χ0n) is 9.48. The minimum absolute atomic E-state index is 0.00683. The van der Waals surface area contributed by atoms with Gasteiger partial charge in [-0.25, -0.2) is 0 Å². The zero-order valence-corrected chi connectivity index (χ0v) is 11.1. The average Bonchev–Trinajstić information content (AvgIpc) is 2.31. The molecule has 6 nitrogen and oxygen atoms in total. The van der Waals surface area contributed by atoms with Crippen molar-refractivity contribution in [3.63, 3.8) is 0 Å². The first-order valence-corrected chi connectivity index (χ1v) is 5.93. The highest BCUT2D eigenvalue weighted by molar-refractivity contribution is 9.10. The molecular formula is C11H13BrN2O4. The van der Waals surface area contributed by atoms with Gasteiger partial charge in [0.05, 0.1) is 11.1 Å². The van der Waals surface area contributed by atoms with Gasteiger partial charge in [0.25, 0.3) is 5.91 Å². The number of phenols is 1. The van der Waals surface area contributed by atoms with E-state index in [1.165, 1.54) is 6.07 Å². The van der Waals surface area contributed by atoms with Gasteiger partial charge in [-0.2, -0.15) is 0 Å². The fourth-order valence-corrected chi connectivity index (χ4v) is 1.41. The SMILES string of the molecule is NC(=O)COCCNC(=O)c1ccc(Br)c(O)c1. The molecule has 0 unspecified atom stereocenters. The van der Waals surface area contributed by atoms with Crippen LogP contribution in [-0.2, 0) is 9.53 Å². The minimum Gasteiger partial charge on any atom is -0.507 e. The summed E-state index contributed by atoms with van der Waals surface area (Å²) in [5.74, 6) is -0.896. The maximum absolute atomic E-state index is 11.6. The van der Waals surface area contributed by atoms with Crippen molar-refractivity contribution in [1.29, 1.82) is 0 Å². The Kier molecular flexibility index (Phi) is 5.60. The van der Waals surface area contributed by atoms with E-state index < -0.39 is 5.91 Å². The first-order chi connectivity index (χ1) is 8.50. The molecule has 0 bridgehead atoms. The molecule has 0 fully saturated rings. The molecule has 0 aliphatic carbocycles. The molecule has 0 atom stereocenters. The second-order valence-electron chi connectivity index (χ2n) is 3.44. The van der Waals surface area contributed by atoms with E-state index in [1.807, 2.05) is 0 Å². The number of hydrogen-bond acceptors (Lipinski definition) is 4. The van der Waals surface area contributed by atoms with Crippen LogP contribution in [0.25, 0.3) is 0 Å². The highest BCUT2D eigenvalue weighted by Crippen LogP contribution is 2.24. The monoisotopic (exact) mass is 316 g/mol. The van der Waals surface area contributed by atoms with E-state index in [-0.39, 0.29) is 31.4 Å². The van der Waals surface area contributed by atoms with E-state index in [9.17, 15) is 14.7 Å². The number of nitrogens with two attached hydrogens (primary N) is 1. The smallest absolute Gasteiger partial charge is 0.251 e. The zero-order chi connectivity index (χ0) is 13.5. The van der Waals surface area contributed by atoms with Crippen LogP contribution in [0.4, 0.5) is 0 Å². The predicted molar refractivity (Wildman–Crippen MR) is 68.2 cm³/mol. The van der Waals surface area contributed by atoms with E-state index >= 15 is 0 Å². The molecule has 7 heteroatoms. The van der Waals surface area contributed by atoms with Crippen molar-refractivity contribution in [3.8, 4) is 5.75 Å². The van der Waals surface area contributed by atoms with Crippen molar-refractivity contribution in [2.45, 2.75) is 0 Å². The maximum atomic E-state index is 11.6. The number of ether oxygens (including phenoxy) is 1. The molecule has 0 aromatic heterocycles. The predicted octanol–water partition coefficient (Wildman–Crippen LogP) is 0.386. The van der Waals surface area contributed by atoms with Crippen LogP contribution >= 0.6 is 15.9 Å². The fraction of sp³-hybridized carbons (Fsp3) is 0.273. The summed E-state index contributed by atoms with van der Waals surface area (Å²) in [7, 11) is 0. The molecule has 0 aliphatic heterocycles. The quantitative estimate of drug-likeness (QED) is 0.660. The van der Waals surface area contributed by atoms with Crippen molar-refractivity contribution < 1.29 is 19.4 Å². The minimum atomic E-state index is -0.556. The summed E-state index contributed by atoms with van der Waals surface area (Å²) in [5, 5.41) is 12.0. The van der Waals surface area contributed by atoms with Crippen molar-refractivity contribution >= 4 is 27.7 Å². The number of rotatable bonds is 6. The van der Waals surface area contributed by atoms with E-state index in [1.54, 1.807) is 12.1 Å². The lowest BCUT2D eigenvalue weighted by Crippen LogP contribution is -2.28. The molecule has 0 heterocycles. The molecule has 1 aromatic rings.